The lowest BCUT2D eigenvalue weighted by Crippen LogP contribution is -2.42. The average Bonchev–Trinajstić information content (AvgIpc) is 2.74. The van der Waals surface area contributed by atoms with Gasteiger partial charge in [0.1, 0.15) is 17.4 Å². The van der Waals surface area contributed by atoms with E-state index in [1.54, 1.807) is 0 Å². The van der Waals surface area contributed by atoms with Crippen LogP contribution in [0.1, 0.15) is 48.8 Å². The van der Waals surface area contributed by atoms with E-state index in [0.29, 0.717) is 12.3 Å². The summed E-state index contributed by atoms with van der Waals surface area (Å²) in [5.41, 5.74) is 2.23. The molecule has 0 bridgehead atoms. The van der Waals surface area contributed by atoms with Crippen molar-refractivity contribution < 1.29 is 13.9 Å². The molecule has 3 heterocycles. The summed E-state index contributed by atoms with van der Waals surface area (Å²) in [7, 11) is 2.06. The molecule has 1 fully saturated rings. The first-order chi connectivity index (χ1) is 14.0. The van der Waals surface area contributed by atoms with Gasteiger partial charge in [-0.3, -0.25) is 4.79 Å². The Morgan fingerprint density at radius 2 is 1.97 bits per heavy atom. The fourth-order valence-electron chi connectivity index (χ4n) is 4.22. The van der Waals surface area contributed by atoms with Crippen LogP contribution in [-0.2, 0) is 11.2 Å². The van der Waals surface area contributed by atoms with E-state index in [1.807, 2.05) is 11.8 Å². The first-order valence-electron chi connectivity index (χ1n) is 10.3. The Morgan fingerprint density at radius 3 is 2.76 bits per heavy atom. The van der Waals surface area contributed by atoms with Gasteiger partial charge >= 0.3 is 0 Å². The highest BCUT2D eigenvalue weighted by atomic mass is 19.1. The van der Waals surface area contributed by atoms with Gasteiger partial charge in [0.2, 0.25) is 0 Å². The van der Waals surface area contributed by atoms with Crippen LogP contribution >= 0.6 is 0 Å². The first-order valence-corrected chi connectivity index (χ1v) is 10.3. The molecule has 2 aliphatic heterocycles. The summed E-state index contributed by atoms with van der Waals surface area (Å²) in [5, 5.41) is 0. The Balaban J connectivity index is 1.53. The first kappa shape index (κ1) is 19.6. The highest BCUT2D eigenvalue weighted by Crippen LogP contribution is 2.33. The standard InChI is InChI=1S/C22H27FN4O2/c1-15-18-6-5-12-26(2)22(18)25-21(24-15)19-7-3-4-13-27(19)20(28)14-29-17-10-8-16(23)9-11-17/h8-11,19H,3-7,12-14H2,1-2H3. The Hall–Kier alpha value is -2.70. The highest BCUT2D eigenvalue weighted by molar-refractivity contribution is 5.78. The number of ether oxygens (including phenoxy) is 1. The van der Waals surface area contributed by atoms with E-state index in [-0.39, 0.29) is 24.4 Å². The number of halogens is 1. The Morgan fingerprint density at radius 1 is 1.17 bits per heavy atom. The molecular weight excluding hydrogens is 371 g/mol. The number of likely N-dealkylation sites (tertiary alicyclic amines) is 1. The number of hydrogen-bond acceptors (Lipinski definition) is 5. The quantitative estimate of drug-likeness (QED) is 0.790. The number of rotatable bonds is 4. The molecule has 0 spiro atoms. The Kier molecular flexibility index (Phi) is 5.65. The van der Waals surface area contributed by atoms with E-state index in [9.17, 15) is 9.18 Å². The topological polar surface area (TPSA) is 58.6 Å². The van der Waals surface area contributed by atoms with Gasteiger partial charge in [0.15, 0.2) is 12.4 Å². The Labute approximate surface area is 170 Å². The molecule has 0 radical (unpaired) electrons. The van der Waals surface area contributed by atoms with Crippen molar-refractivity contribution in [1.82, 2.24) is 14.9 Å². The van der Waals surface area contributed by atoms with Crippen molar-refractivity contribution in [2.75, 3.05) is 31.6 Å². The van der Waals surface area contributed by atoms with Crippen LogP contribution in [0.5, 0.6) is 5.75 Å². The van der Waals surface area contributed by atoms with Crippen LogP contribution in [0.4, 0.5) is 10.2 Å². The molecule has 1 amide bonds. The monoisotopic (exact) mass is 398 g/mol. The molecule has 1 saturated heterocycles. The van der Waals surface area contributed by atoms with Gasteiger partial charge in [-0.1, -0.05) is 0 Å². The third kappa shape index (κ3) is 4.18. The van der Waals surface area contributed by atoms with E-state index in [0.717, 1.165) is 56.0 Å². The smallest absolute Gasteiger partial charge is 0.261 e. The van der Waals surface area contributed by atoms with Crippen LogP contribution in [0.2, 0.25) is 0 Å². The molecule has 6 nitrogen and oxygen atoms in total. The summed E-state index contributed by atoms with van der Waals surface area (Å²) >= 11 is 0. The molecule has 1 aromatic heterocycles. The molecular formula is C22H27FN4O2. The lowest BCUT2D eigenvalue weighted by molar-refractivity contribution is -0.137. The molecule has 2 aliphatic rings. The van der Waals surface area contributed by atoms with E-state index < -0.39 is 0 Å². The summed E-state index contributed by atoms with van der Waals surface area (Å²) in [5.74, 6) is 1.79. The second-order valence-corrected chi connectivity index (χ2v) is 7.84. The van der Waals surface area contributed by atoms with Gasteiger partial charge in [0, 0.05) is 31.4 Å². The number of benzene rings is 1. The van der Waals surface area contributed by atoms with Crippen molar-refractivity contribution in [2.45, 2.75) is 45.1 Å². The lowest BCUT2D eigenvalue weighted by atomic mass is 9.99. The number of anilines is 1. The van der Waals surface area contributed by atoms with E-state index >= 15 is 0 Å². The van der Waals surface area contributed by atoms with E-state index in [2.05, 4.69) is 11.9 Å². The summed E-state index contributed by atoms with van der Waals surface area (Å²) in [4.78, 5) is 26.6. The van der Waals surface area contributed by atoms with E-state index in [4.69, 9.17) is 14.7 Å². The molecule has 0 N–H and O–H groups in total. The van der Waals surface area contributed by atoms with Crippen LogP contribution in [-0.4, -0.2) is 47.5 Å². The van der Waals surface area contributed by atoms with Crippen molar-refractivity contribution in [1.29, 1.82) is 0 Å². The maximum atomic E-state index is 13.0. The zero-order valence-electron chi connectivity index (χ0n) is 17.0. The van der Waals surface area contributed by atoms with Crippen molar-refractivity contribution in [3.63, 3.8) is 0 Å². The Bertz CT molecular complexity index is 887. The number of carbonyl (C=O) groups excluding carboxylic acids is 1. The van der Waals surface area contributed by atoms with Gasteiger partial charge in [-0.25, -0.2) is 14.4 Å². The van der Waals surface area contributed by atoms with Gasteiger partial charge in [-0.05, 0) is 63.3 Å². The summed E-state index contributed by atoms with van der Waals surface area (Å²) in [6.45, 7) is 3.62. The zero-order valence-corrected chi connectivity index (χ0v) is 17.0. The number of aromatic nitrogens is 2. The number of hydrogen-bond donors (Lipinski definition) is 0. The van der Waals surface area contributed by atoms with Crippen molar-refractivity contribution in [2.24, 2.45) is 0 Å². The highest BCUT2D eigenvalue weighted by Gasteiger charge is 2.32. The predicted octanol–water partition coefficient (Wildman–Crippen LogP) is 3.44. The van der Waals surface area contributed by atoms with Crippen molar-refractivity contribution in [3.8, 4) is 5.75 Å². The van der Waals surface area contributed by atoms with Crippen LogP contribution < -0.4 is 9.64 Å². The molecule has 2 aromatic rings. The molecule has 1 aromatic carbocycles. The minimum absolute atomic E-state index is 0.0774. The van der Waals surface area contributed by atoms with E-state index in [1.165, 1.54) is 29.8 Å². The molecule has 1 unspecified atom stereocenters. The summed E-state index contributed by atoms with van der Waals surface area (Å²) < 4.78 is 18.6. The number of nitrogens with zero attached hydrogens (tertiary/aromatic N) is 4. The molecule has 154 valence electrons. The van der Waals surface area contributed by atoms with Gasteiger partial charge in [0.05, 0.1) is 6.04 Å². The van der Waals surface area contributed by atoms with Gasteiger partial charge in [0.25, 0.3) is 5.91 Å². The fourth-order valence-corrected chi connectivity index (χ4v) is 4.22. The lowest BCUT2D eigenvalue weighted by Gasteiger charge is -2.36. The number of aryl methyl sites for hydroxylation is 1. The fraction of sp³-hybridized carbons (Fsp3) is 0.500. The minimum Gasteiger partial charge on any atom is -0.484 e. The van der Waals surface area contributed by atoms with Crippen LogP contribution in [0.25, 0.3) is 0 Å². The van der Waals surface area contributed by atoms with Crippen molar-refractivity contribution in [3.05, 3.63) is 47.2 Å². The zero-order chi connectivity index (χ0) is 20.4. The molecule has 0 saturated carbocycles. The van der Waals surface area contributed by atoms with Gasteiger partial charge < -0.3 is 14.5 Å². The maximum absolute atomic E-state index is 13.0. The maximum Gasteiger partial charge on any atom is 0.261 e. The molecule has 4 rings (SSSR count). The number of amides is 1. The summed E-state index contributed by atoms with van der Waals surface area (Å²) in [6.07, 6.45) is 4.97. The molecule has 1 atom stereocenters. The second kappa shape index (κ2) is 8.35. The largest absolute Gasteiger partial charge is 0.484 e. The van der Waals surface area contributed by atoms with Crippen LogP contribution in [0.15, 0.2) is 24.3 Å². The minimum atomic E-state index is -0.329. The number of carbonyl (C=O) groups is 1. The van der Waals surface area contributed by atoms with Gasteiger partial charge in [-0.15, -0.1) is 0 Å². The normalized spacial score (nSPS) is 19.1. The molecule has 7 heteroatoms. The predicted molar refractivity (Wildman–Crippen MR) is 109 cm³/mol. The summed E-state index contributed by atoms with van der Waals surface area (Å²) in [6, 6.07) is 5.57. The number of piperidine rings is 1. The van der Waals surface area contributed by atoms with Gasteiger partial charge in [-0.2, -0.15) is 0 Å². The van der Waals surface area contributed by atoms with Crippen LogP contribution in [0.3, 0.4) is 0 Å². The average molecular weight is 398 g/mol. The molecule has 0 aliphatic carbocycles. The second-order valence-electron chi connectivity index (χ2n) is 7.84. The van der Waals surface area contributed by atoms with Crippen molar-refractivity contribution >= 4 is 11.7 Å². The third-order valence-corrected chi connectivity index (χ3v) is 5.79. The number of fused-ring (bicyclic) bond motifs is 1. The molecule has 29 heavy (non-hydrogen) atoms. The van der Waals surface area contributed by atoms with Crippen LogP contribution in [0, 0.1) is 12.7 Å². The third-order valence-electron chi connectivity index (χ3n) is 5.79. The SMILES string of the molecule is Cc1nc(C2CCCCN2C(=O)COc2ccc(F)cc2)nc2c1CCCN2C.